The number of rotatable bonds is 3. The van der Waals surface area contributed by atoms with Gasteiger partial charge in [-0.15, -0.1) is 0 Å². The van der Waals surface area contributed by atoms with Gasteiger partial charge in [-0.3, -0.25) is 0 Å². The summed E-state index contributed by atoms with van der Waals surface area (Å²) in [5.41, 5.74) is 13.9. The highest BCUT2D eigenvalue weighted by Gasteiger charge is 2.15. The molecule has 0 aromatic heterocycles. The van der Waals surface area contributed by atoms with Crippen LogP contribution >= 0.6 is 0 Å². The van der Waals surface area contributed by atoms with E-state index in [1.165, 1.54) is 0 Å². The Hall–Kier alpha value is -1.06. The standard InChI is InChI=1S/C11H18N2O/c1-7-4-5-10(14-3)9(6-7)11(13)8(2)12/h4-6,8,11H,12-13H2,1-3H3. The highest BCUT2D eigenvalue weighted by Crippen LogP contribution is 2.26. The number of benzene rings is 1. The molecule has 0 saturated carbocycles. The van der Waals surface area contributed by atoms with E-state index in [9.17, 15) is 0 Å². The molecular weight excluding hydrogens is 176 g/mol. The van der Waals surface area contributed by atoms with Gasteiger partial charge in [-0.1, -0.05) is 17.7 Å². The van der Waals surface area contributed by atoms with Gasteiger partial charge in [0.1, 0.15) is 5.75 Å². The molecule has 0 bridgehead atoms. The third kappa shape index (κ3) is 2.25. The van der Waals surface area contributed by atoms with E-state index in [1.807, 2.05) is 32.0 Å². The lowest BCUT2D eigenvalue weighted by Gasteiger charge is -2.19. The summed E-state index contributed by atoms with van der Waals surface area (Å²) in [7, 11) is 1.64. The minimum absolute atomic E-state index is 0.0781. The van der Waals surface area contributed by atoms with E-state index in [0.717, 1.165) is 16.9 Å². The SMILES string of the molecule is COc1ccc(C)cc1C(N)C(C)N. The summed E-state index contributed by atoms with van der Waals surface area (Å²) in [6.45, 7) is 3.92. The Morgan fingerprint density at radius 2 is 1.93 bits per heavy atom. The number of methoxy groups -OCH3 is 1. The van der Waals surface area contributed by atoms with E-state index in [1.54, 1.807) is 7.11 Å². The molecule has 3 nitrogen and oxygen atoms in total. The molecule has 2 unspecified atom stereocenters. The van der Waals surface area contributed by atoms with Crippen molar-refractivity contribution in [2.24, 2.45) is 11.5 Å². The van der Waals surface area contributed by atoms with Crippen molar-refractivity contribution in [3.8, 4) is 5.75 Å². The number of hydrogen-bond acceptors (Lipinski definition) is 3. The number of ether oxygens (including phenoxy) is 1. The first kappa shape index (κ1) is 11.0. The molecule has 3 heteroatoms. The average molecular weight is 194 g/mol. The maximum atomic E-state index is 5.98. The Kier molecular flexibility index (Phi) is 3.49. The second-order valence-electron chi connectivity index (χ2n) is 3.63. The predicted molar refractivity (Wildman–Crippen MR) is 58.3 cm³/mol. The lowest BCUT2D eigenvalue weighted by molar-refractivity contribution is 0.402. The second-order valence-corrected chi connectivity index (χ2v) is 3.63. The largest absolute Gasteiger partial charge is 0.496 e. The van der Waals surface area contributed by atoms with Crippen LogP contribution in [0.4, 0.5) is 0 Å². The van der Waals surface area contributed by atoms with Gasteiger partial charge in [0.25, 0.3) is 0 Å². The van der Waals surface area contributed by atoms with Gasteiger partial charge < -0.3 is 16.2 Å². The van der Waals surface area contributed by atoms with Gasteiger partial charge in [-0.25, -0.2) is 0 Å². The Morgan fingerprint density at radius 1 is 1.29 bits per heavy atom. The smallest absolute Gasteiger partial charge is 0.123 e. The Labute approximate surface area is 85.0 Å². The summed E-state index contributed by atoms with van der Waals surface area (Å²) >= 11 is 0. The molecule has 1 aromatic carbocycles. The van der Waals surface area contributed by atoms with Crippen LogP contribution in [0.15, 0.2) is 18.2 Å². The van der Waals surface area contributed by atoms with Crippen molar-refractivity contribution in [2.45, 2.75) is 25.9 Å². The van der Waals surface area contributed by atoms with Crippen molar-refractivity contribution in [1.82, 2.24) is 0 Å². The zero-order valence-corrected chi connectivity index (χ0v) is 8.95. The molecule has 78 valence electrons. The molecule has 2 atom stereocenters. The maximum Gasteiger partial charge on any atom is 0.123 e. The molecule has 0 heterocycles. The Balaban J connectivity index is 3.10. The van der Waals surface area contributed by atoms with E-state index in [2.05, 4.69) is 0 Å². The third-order valence-electron chi connectivity index (χ3n) is 2.31. The Morgan fingerprint density at radius 3 is 2.43 bits per heavy atom. The molecule has 0 amide bonds. The lowest BCUT2D eigenvalue weighted by atomic mass is 9.99. The molecule has 0 radical (unpaired) electrons. The second kappa shape index (κ2) is 4.44. The molecule has 14 heavy (non-hydrogen) atoms. The van der Waals surface area contributed by atoms with Crippen LogP contribution in [0.25, 0.3) is 0 Å². The molecule has 0 aliphatic carbocycles. The number of nitrogens with two attached hydrogens (primary N) is 2. The first-order chi connectivity index (χ1) is 6.56. The summed E-state index contributed by atoms with van der Waals surface area (Å²) in [4.78, 5) is 0. The average Bonchev–Trinajstić information content (AvgIpc) is 2.16. The van der Waals surface area contributed by atoms with E-state index < -0.39 is 0 Å². The summed E-state index contributed by atoms with van der Waals surface area (Å²) < 4.78 is 5.24. The minimum atomic E-state index is -0.176. The normalized spacial score (nSPS) is 14.9. The molecule has 0 spiro atoms. The molecule has 0 aliphatic rings. The monoisotopic (exact) mass is 194 g/mol. The maximum absolute atomic E-state index is 5.98. The zero-order valence-electron chi connectivity index (χ0n) is 8.95. The molecule has 1 aromatic rings. The van der Waals surface area contributed by atoms with Crippen molar-refractivity contribution in [3.05, 3.63) is 29.3 Å². The van der Waals surface area contributed by atoms with E-state index in [-0.39, 0.29) is 12.1 Å². The molecule has 0 aliphatic heterocycles. The van der Waals surface area contributed by atoms with E-state index in [4.69, 9.17) is 16.2 Å². The first-order valence-electron chi connectivity index (χ1n) is 4.72. The first-order valence-corrected chi connectivity index (χ1v) is 4.72. The van der Waals surface area contributed by atoms with Crippen LogP contribution < -0.4 is 16.2 Å². The molecule has 1 rings (SSSR count). The van der Waals surface area contributed by atoms with Gasteiger partial charge >= 0.3 is 0 Å². The molecular formula is C11H18N2O. The van der Waals surface area contributed by atoms with E-state index in [0.29, 0.717) is 0 Å². The summed E-state index contributed by atoms with van der Waals surface area (Å²) in [5, 5.41) is 0. The van der Waals surface area contributed by atoms with Crippen molar-refractivity contribution in [1.29, 1.82) is 0 Å². The van der Waals surface area contributed by atoms with Gasteiger partial charge in [-0.2, -0.15) is 0 Å². The van der Waals surface area contributed by atoms with Gasteiger partial charge in [0.15, 0.2) is 0 Å². The fraction of sp³-hybridized carbons (Fsp3) is 0.455. The van der Waals surface area contributed by atoms with Crippen LogP contribution in [-0.4, -0.2) is 13.2 Å². The zero-order chi connectivity index (χ0) is 10.7. The van der Waals surface area contributed by atoms with Crippen LogP contribution in [0, 0.1) is 6.92 Å². The summed E-state index contributed by atoms with van der Waals surface area (Å²) in [5.74, 6) is 0.806. The molecule has 4 N–H and O–H groups in total. The van der Waals surface area contributed by atoms with E-state index >= 15 is 0 Å². The third-order valence-corrected chi connectivity index (χ3v) is 2.31. The topological polar surface area (TPSA) is 61.3 Å². The summed E-state index contributed by atoms with van der Waals surface area (Å²) in [6, 6.07) is 5.69. The van der Waals surface area contributed by atoms with Crippen molar-refractivity contribution < 1.29 is 4.74 Å². The highest BCUT2D eigenvalue weighted by molar-refractivity contribution is 5.39. The fourth-order valence-electron chi connectivity index (χ4n) is 1.40. The number of hydrogen-bond donors (Lipinski definition) is 2. The van der Waals surface area contributed by atoms with Gasteiger partial charge in [0.2, 0.25) is 0 Å². The highest BCUT2D eigenvalue weighted by atomic mass is 16.5. The molecule has 0 saturated heterocycles. The summed E-state index contributed by atoms with van der Waals surface area (Å²) in [6.07, 6.45) is 0. The van der Waals surface area contributed by atoms with Crippen LogP contribution in [0.2, 0.25) is 0 Å². The van der Waals surface area contributed by atoms with Gasteiger partial charge in [0.05, 0.1) is 7.11 Å². The predicted octanol–water partition coefficient (Wildman–Crippen LogP) is 1.35. The molecule has 0 fully saturated rings. The quantitative estimate of drug-likeness (QED) is 0.763. The van der Waals surface area contributed by atoms with Gasteiger partial charge in [-0.05, 0) is 19.9 Å². The van der Waals surface area contributed by atoms with Crippen molar-refractivity contribution in [3.63, 3.8) is 0 Å². The van der Waals surface area contributed by atoms with Gasteiger partial charge in [0, 0.05) is 17.6 Å². The number of aryl methyl sites for hydroxylation is 1. The minimum Gasteiger partial charge on any atom is -0.496 e. The van der Waals surface area contributed by atoms with Crippen molar-refractivity contribution >= 4 is 0 Å². The van der Waals surface area contributed by atoms with Crippen LogP contribution in [0.3, 0.4) is 0 Å². The Bertz CT molecular complexity index is 310. The fourth-order valence-corrected chi connectivity index (χ4v) is 1.40. The van der Waals surface area contributed by atoms with Crippen LogP contribution in [0.5, 0.6) is 5.75 Å². The van der Waals surface area contributed by atoms with Crippen molar-refractivity contribution in [2.75, 3.05) is 7.11 Å². The lowest BCUT2D eigenvalue weighted by Crippen LogP contribution is -2.31. The van der Waals surface area contributed by atoms with Crippen LogP contribution in [-0.2, 0) is 0 Å². The van der Waals surface area contributed by atoms with Crippen LogP contribution in [0.1, 0.15) is 24.1 Å².